The van der Waals surface area contributed by atoms with Gasteiger partial charge in [-0.25, -0.2) is 4.68 Å². The number of carbonyl (C=O) groups is 1. The van der Waals surface area contributed by atoms with E-state index < -0.39 is 0 Å². The summed E-state index contributed by atoms with van der Waals surface area (Å²) in [6.07, 6.45) is 0. The number of thioether (sulfide) groups is 1. The first-order valence-electron chi connectivity index (χ1n) is 10.3. The Morgan fingerprint density at radius 1 is 0.941 bits per heavy atom. The Morgan fingerprint density at radius 3 is 2.41 bits per heavy atom. The second-order valence-electron chi connectivity index (χ2n) is 7.01. The van der Waals surface area contributed by atoms with Crippen molar-refractivity contribution in [1.29, 1.82) is 0 Å². The number of aromatic nitrogens is 3. The van der Waals surface area contributed by atoms with E-state index in [4.69, 9.17) is 20.1 Å². The number of anilines is 1. The van der Waals surface area contributed by atoms with Gasteiger partial charge >= 0.3 is 0 Å². The van der Waals surface area contributed by atoms with Gasteiger partial charge < -0.3 is 25.4 Å². The zero-order valence-corrected chi connectivity index (χ0v) is 19.2. The number of ether oxygens (including phenoxy) is 3. The van der Waals surface area contributed by atoms with Crippen molar-refractivity contribution in [2.24, 2.45) is 0 Å². The van der Waals surface area contributed by atoms with Crippen LogP contribution in [0.4, 0.5) is 5.69 Å². The molecule has 0 aliphatic heterocycles. The largest absolute Gasteiger partial charge is 0.497 e. The third-order valence-electron chi connectivity index (χ3n) is 4.59. The quantitative estimate of drug-likeness (QED) is 0.259. The summed E-state index contributed by atoms with van der Waals surface area (Å²) in [4.78, 5) is 12.4. The number of para-hydroxylation sites is 1. The summed E-state index contributed by atoms with van der Waals surface area (Å²) < 4.78 is 17.9. The lowest BCUT2D eigenvalue weighted by atomic mass is 10.3. The van der Waals surface area contributed by atoms with Gasteiger partial charge in [0.25, 0.3) is 0 Å². The monoisotopic (exact) mass is 477 g/mol. The van der Waals surface area contributed by atoms with Gasteiger partial charge in [0.2, 0.25) is 11.1 Å². The number of methoxy groups -OCH3 is 1. The van der Waals surface area contributed by atoms with Crippen molar-refractivity contribution in [2.45, 2.75) is 11.8 Å². The number of carbonyl (C=O) groups excluding carboxylic acids is 1. The number of nitrogen functional groups attached to an aromatic ring is 1. The normalized spacial score (nSPS) is 10.5. The molecule has 0 fully saturated rings. The van der Waals surface area contributed by atoms with Crippen LogP contribution in [-0.2, 0) is 11.4 Å². The van der Waals surface area contributed by atoms with E-state index in [9.17, 15) is 4.79 Å². The number of hydrogen-bond acceptors (Lipinski definition) is 8. The van der Waals surface area contributed by atoms with E-state index in [1.807, 2.05) is 42.5 Å². The lowest BCUT2D eigenvalue weighted by molar-refractivity contribution is -0.113. The van der Waals surface area contributed by atoms with E-state index in [0.717, 1.165) is 5.75 Å². The predicted octanol–water partition coefficient (Wildman–Crippen LogP) is 4.10. The molecule has 10 heteroatoms. The first-order chi connectivity index (χ1) is 16.6. The fourth-order valence-corrected chi connectivity index (χ4v) is 3.58. The number of hydrogen-bond donors (Lipinski definition) is 2. The molecule has 0 spiro atoms. The summed E-state index contributed by atoms with van der Waals surface area (Å²) in [5.74, 6) is 9.15. The molecule has 1 heterocycles. The highest BCUT2D eigenvalue weighted by Crippen LogP contribution is 2.23. The first kappa shape index (κ1) is 23.0. The SMILES string of the molecule is COc1cccc(OCc2nnc(SCC(=O)Nc3ccc(Oc4ccccc4)cc3)n2N)c1. The molecular weight excluding hydrogens is 454 g/mol. The smallest absolute Gasteiger partial charge is 0.234 e. The van der Waals surface area contributed by atoms with Crippen LogP contribution in [0.2, 0.25) is 0 Å². The minimum absolute atomic E-state index is 0.119. The summed E-state index contributed by atoms with van der Waals surface area (Å²) in [5.41, 5.74) is 0.660. The van der Waals surface area contributed by atoms with Crippen LogP contribution in [0, 0.1) is 0 Å². The van der Waals surface area contributed by atoms with Gasteiger partial charge in [-0.05, 0) is 48.5 Å². The second-order valence-corrected chi connectivity index (χ2v) is 7.96. The van der Waals surface area contributed by atoms with Gasteiger partial charge in [-0.2, -0.15) is 0 Å². The molecule has 0 atom stereocenters. The van der Waals surface area contributed by atoms with Gasteiger partial charge in [-0.15, -0.1) is 10.2 Å². The van der Waals surface area contributed by atoms with Crippen molar-refractivity contribution >= 4 is 23.4 Å². The highest BCUT2D eigenvalue weighted by atomic mass is 32.2. The van der Waals surface area contributed by atoms with Crippen molar-refractivity contribution < 1.29 is 19.0 Å². The molecule has 3 aromatic carbocycles. The molecule has 0 radical (unpaired) electrons. The van der Waals surface area contributed by atoms with Gasteiger partial charge in [0.1, 0.15) is 29.6 Å². The number of amides is 1. The maximum absolute atomic E-state index is 12.4. The first-order valence-corrected chi connectivity index (χ1v) is 11.3. The van der Waals surface area contributed by atoms with Crippen molar-refractivity contribution in [3.63, 3.8) is 0 Å². The predicted molar refractivity (Wildman–Crippen MR) is 130 cm³/mol. The Balaban J connectivity index is 1.25. The Kier molecular flexibility index (Phi) is 7.51. The number of nitrogens with two attached hydrogens (primary N) is 1. The molecule has 4 rings (SSSR count). The van der Waals surface area contributed by atoms with Crippen LogP contribution in [0.5, 0.6) is 23.0 Å². The van der Waals surface area contributed by atoms with Crippen LogP contribution >= 0.6 is 11.8 Å². The zero-order valence-electron chi connectivity index (χ0n) is 18.4. The molecule has 3 N–H and O–H groups in total. The summed E-state index contributed by atoms with van der Waals surface area (Å²) in [6.45, 7) is 0.126. The van der Waals surface area contributed by atoms with E-state index >= 15 is 0 Å². The molecule has 9 nitrogen and oxygen atoms in total. The Hall–Kier alpha value is -4.18. The number of benzene rings is 3. The molecule has 34 heavy (non-hydrogen) atoms. The number of rotatable bonds is 10. The third-order valence-corrected chi connectivity index (χ3v) is 5.54. The highest BCUT2D eigenvalue weighted by Gasteiger charge is 2.13. The summed E-state index contributed by atoms with van der Waals surface area (Å²) in [7, 11) is 1.59. The fraction of sp³-hybridized carbons (Fsp3) is 0.125. The maximum atomic E-state index is 12.4. The zero-order chi connectivity index (χ0) is 23.8. The lowest BCUT2D eigenvalue weighted by Crippen LogP contribution is -2.18. The van der Waals surface area contributed by atoms with Crippen molar-refractivity contribution in [3.05, 3.63) is 84.7 Å². The van der Waals surface area contributed by atoms with Crippen molar-refractivity contribution in [1.82, 2.24) is 14.9 Å². The Labute approximate surface area is 200 Å². The van der Waals surface area contributed by atoms with Crippen LogP contribution in [0.1, 0.15) is 5.82 Å². The molecule has 174 valence electrons. The third kappa shape index (κ3) is 6.20. The van der Waals surface area contributed by atoms with Gasteiger partial charge in [-0.1, -0.05) is 36.0 Å². The van der Waals surface area contributed by atoms with E-state index in [1.165, 1.54) is 16.4 Å². The molecule has 4 aromatic rings. The average molecular weight is 478 g/mol. The van der Waals surface area contributed by atoms with Crippen molar-refractivity contribution in [3.8, 4) is 23.0 Å². The second kappa shape index (κ2) is 11.1. The van der Waals surface area contributed by atoms with E-state index in [1.54, 1.807) is 43.5 Å². The molecule has 1 aromatic heterocycles. The molecule has 0 unspecified atom stereocenters. The molecule has 0 saturated heterocycles. The minimum Gasteiger partial charge on any atom is -0.497 e. The van der Waals surface area contributed by atoms with Crippen LogP contribution in [0.25, 0.3) is 0 Å². The average Bonchev–Trinajstić information content (AvgIpc) is 3.22. The summed E-state index contributed by atoms with van der Waals surface area (Å²) >= 11 is 1.18. The maximum Gasteiger partial charge on any atom is 0.234 e. The van der Waals surface area contributed by atoms with Gasteiger partial charge in [-0.3, -0.25) is 4.79 Å². The topological polar surface area (TPSA) is 114 Å². The Bertz CT molecular complexity index is 1230. The standard InChI is InChI=1S/C24H23N5O4S/c1-31-20-8-5-9-21(14-20)32-15-22-27-28-24(29(22)25)34-16-23(30)26-17-10-12-19(13-11-17)33-18-6-3-2-4-7-18/h2-14H,15-16,25H2,1H3,(H,26,30). The van der Waals surface area contributed by atoms with Crippen LogP contribution in [0.15, 0.2) is 84.0 Å². The van der Waals surface area contributed by atoms with Crippen LogP contribution < -0.4 is 25.4 Å². The van der Waals surface area contributed by atoms with Gasteiger partial charge in [0.05, 0.1) is 12.9 Å². The van der Waals surface area contributed by atoms with Gasteiger partial charge in [0, 0.05) is 11.8 Å². The van der Waals surface area contributed by atoms with E-state index in [2.05, 4.69) is 15.5 Å². The van der Waals surface area contributed by atoms with Crippen LogP contribution in [0.3, 0.4) is 0 Å². The fourth-order valence-electron chi connectivity index (χ4n) is 2.90. The highest BCUT2D eigenvalue weighted by molar-refractivity contribution is 7.99. The lowest BCUT2D eigenvalue weighted by Gasteiger charge is -2.08. The summed E-state index contributed by atoms with van der Waals surface area (Å²) in [6, 6.07) is 23.8. The minimum atomic E-state index is -0.195. The summed E-state index contributed by atoms with van der Waals surface area (Å²) in [5, 5.41) is 11.3. The van der Waals surface area contributed by atoms with Crippen molar-refractivity contribution in [2.75, 3.05) is 24.0 Å². The van der Waals surface area contributed by atoms with E-state index in [-0.39, 0.29) is 18.3 Å². The van der Waals surface area contributed by atoms with Gasteiger partial charge in [0.15, 0.2) is 5.82 Å². The van der Waals surface area contributed by atoms with Crippen LogP contribution in [-0.4, -0.2) is 33.6 Å². The molecular formula is C24H23N5O4S. The molecule has 0 saturated carbocycles. The Morgan fingerprint density at radius 2 is 1.65 bits per heavy atom. The molecule has 1 amide bonds. The molecule has 0 aliphatic carbocycles. The van der Waals surface area contributed by atoms with E-state index in [0.29, 0.717) is 33.9 Å². The number of nitrogens with one attached hydrogen (secondary N) is 1. The number of nitrogens with zero attached hydrogens (tertiary/aromatic N) is 3. The molecule has 0 bridgehead atoms. The molecule has 0 aliphatic rings.